The monoisotopic (exact) mass is 512 g/mol. The number of rotatable bonds is 5. The Labute approximate surface area is 181 Å². The highest BCUT2D eigenvalue weighted by Crippen LogP contribution is 2.27. The molecular formula is C19H18ClIN4O3. The number of amides is 2. The number of benzene rings is 2. The van der Waals surface area contributed by atoms with E-state index < -0.39 is 24.0 Å². The third kappa shape index (κ3) is 5.34. The third-order valence-electron chi connectivity index (χ3n) is 3.99. The zero-order chi connectivity index (χ0) is 20.8. The molecule has 0 heterocycles. The van der Waals surface area contributed by atoms with Gasteiger partial charge in [-0.15, -0.1) is 0 Å². The van der Waals surface area contributed by atoms with Crippen molar-refractivity contribution in [2.24, 2.45) is 0 Å². The molecule has 28 heavy (non-hydrogen) atoms. The first kappa shape index (κ1) is 21.9. The molecule has 0 aliphatic carbocycles. The van der Waals surface area contributed by atoms with Crippen LogP contribution in [0, 0.1) is 21.8 Å². The Hall–Kier alpha value is -2.35. The van der Waals surface area contributed by atoms with Crippen molar-refractivity contribution in [1.82, 2.24) is 10.9 Å². The van der Waals surface area contributed by atoms with E-state index in [1.165, 1.54) is 13.0 Å². The fourth-order valence-electron chi connectivity index (χ4n) is 2.37. The molecule has 0 radical (unpaired) electrons. The van der Waals surface area contributed by atoms with Crippen molar-refractivity contribution in [3.63, 3.8) is 0 Å². The Balaban J connectivity index is 2.08. The van der Waals surface area contributed by atoms with Gasteiger partial charge in [0.15, 0.2) is 0 Å². The molecule has 2 amide bonds. The van der Waals surface area contributed by atoms with E-state index in [9.17, 15) is 14.7 Å². The second kappa shape index (κ2) is 9.73. The van der Waals surface area contributed by atoms with Crippen LogP contribution in [0.4, 0.5) is 5.69 Å². The summed E-state index contributed by atoms with van der Waals surface area (Å²) in [5, 5.41) is 22.2. The number of hydrogen-bond acceptors (Lipinski definition) is 5. The highest BCUT2D eigenvalue weighted by atomic mass is 127. The van der Waals surface area contributed by atoms with Crippen molar-refractivity contribution in [2.45, 2.75) is 26.0 Å². The van der Waals surface area contributed by atoms with E-state index in [1.54, 1.807) is 37.3 Å². The molecular weight excluding hydrogens is 495 g/mol. The molecule has 0 unspecified atom stereocenters. The quantitative estimate of drug-likeness (QED) is 0.363. The number of hydrazine groups is 1. The van der Waals surface area contributed by atoms with Gasteiger partial charge in [-0.1, -0.05) is 11.6 Å². The van der Waals surface area contributed by atoms with Gasteiger partial charge in [0.25, 0.3) is 11.8 Å². The van der Waals surface area contributed by atoms with E-state index in [0.717, 1.165) is 3.57 Å². The van der Waals surface area contributed by atoms with E-state index in [1.807, 2.05) is 6.07 Å². The van der Waals surface area contributed by atoms with Gasteiger partial charge in [0.05, 0.1) is 16.7 Å². The van der Waals surface area contributed by atoms with Crippen LogP contribution in [0.5, 0.6) is 0 Å². The molecule has 146 valence electrons. The van der Waals surface area contributed by atoms with E-state index in [-0.39, 0.29) is 5.02 Å². The lowest BCUT2D eigenvalue weighted by Crippen LogP contribution is -2.52. The summed E-state index contributed by atoms with van der Waals surface area (Å²) in [5.74, 6) is -1.11. The van der Waals surface area contributed by atoms with Crippen molar-refractivity contribution < 1.29 is 14.7 Å². The third-order valence-corrected chi connectivity index (χ3v) is 5.19. The minimum absolute atomic E-state index is 0.268. The van der Waals surface area contributed by atoms with Crippen molar-refractivity contribution >= 4 is 51.7 Å². The lowest BCUT2D eigenvalue weighted by Gasteiger charge is -2.23. The molecule has 0 aromatic heterocycles. The number of nitrogens with zero attached hydrogens (tertiary/aromatic N) is 1. The first-order valence-electron chi connectivity index (χ1n) is 8.24. The number of halogens is 2. The molecule has 4 N–H and O–H groups in total. The average Bonchev–Trinajstić information content (AvgIpc) is 2.67. The van der Waals surface area contributed by atoms with E-state index >= 15 is 0 Å². The number of aliphatic hydroxyl groups is 1. The highest BCUT2D eigenvalue weighted by molar-refractivity contribution is 14.1. The maximum Gasteiger partial charge on any atom is 0.269 e. The van der Waals surface area contributed by atoms with Crippen molar-refractivity contribution in [3.05, 3.63) is 61.7 Å². The molecule has 0 saturated heterocycles. The summed E-state index contributed by atoms with van der Waals surface area (Å²) in [6.07, 6.45) is -1.07. The van der Waals surface area contributed by atoms with Crippen molar-refractivity contribution in [2.75, 3.05) is 5.32 Å². The van der Waals surface area contributed by atoms with Gasteiger partial charge in [0.1, 0.15) is 12.1 Å². The number of carbonyl (C=O) groups excluding carboxylic acids is 2. The van der Waals surface area contributed by atoms with Gasteiger partial charge in [-0.25, -0.2) is 0 Å². The normalized spacial score (nSPS) is 12.4. The Morgan fingerprint density at radius 3 is 2.39 bits per heavy atom. The lowest BCUT2D eigenvalue weighted by atomic mass is 10.1. The molecule has 0 bridgehead atoms. The van der Waals surface area contributed by atoms with Crippen LogP contribution >= 0.6 is 34.2 Å². The van der Waals surface area contributed by atoms with Crippen LogP contribution in [0.15, 0.2) is 36.4 Å². The fourth-order valence-corrected chi connectivity index (χ4v) is 2.94. The number of hydrogen-bond donors (Lipinski definition) is 4. The first-order valence-corrected chi connectivity index (χ1v) is 9.69. The maximum absolute atomic E-state index is 12.5. The fraction of sp³-hybridized carbons (Fsp3) is 0.211. The Kier molecular flexibility index (Phi) is 7.62. The van der Waals surface area contributed by atoms with Crippen LogP contribution in [0.1, 0.15) is 28.4 Å². The van der Waals surface area contributed by atoms with E-state index in [2.05, 4.69) is 38.8 Å². The molecule has 0 fully saturated rings. The minimum atomic E-state index is -1.07. The molecule has 2 rings (SSSR count). The van der Waals surface area contributed by atoms with E-state index in [0.29, 0.717) is 22.4 Å². The second-order valence-electron chi connectivity index (χ2n) is 6.02. The molecule has 0 aliphatic rings. The van der Waals surface area contributed by atoms with Crippen LogP contribution in [0.3, 0.4) is 0 Å². The summed E-state index contributed by atoms with van der Waals surface area (Å²) in [6, 6.07) is 10.9. The zero-order valence-electron chi connectivity index (χ0n) is 15.1. The smallest absolute Gasteiger partial charge is 0.269 e. The molecule has 0 spiro atoms. The molecule has 2 aromatic carbocycles. The van der Waals surface area contributed by atoms with Gasteiger partial charge in [0.2, 0.25) is 0 Å². The Bertz CT molecular complexity index is 926. The standard InChI is InChI=1S/C19H18ClIN4O3/c1-10-15(8-5-13(9-22)16(10)20)23-17(11(2)26)19(28)25-24-18(27)12-3-6-14(21)7-4-12/h3-8,11,17,23,26H,1-2H3,(H,24,27)(H,25,28)/t11-,17+/m0/s1. The number of nitrogens with one attached hydrogen (secondary N) is 3. The van der Waals surface area contributed by atoms with Crippen LogP contribution in [0.25, 0.3) is 0 Å². The maximum atomic E-state index is 12.5. The largest absolute Gasteiger partial charge is 0.391 e. The van der Waals surface area contributed by atoms with Crippen LogP contribution in [-0.4, -0.2) is 29.1 Å². The van der Waals surface area contributed by atoms with Crippen LogP contribution in [0.2, 0.25) is 5.02 Å². The topological polar surface area (TPSA) is 114 Å². The average molecular weight is 513 g/mol. The minimum Gasteiger partial charge on any atom is -0.391 e. The summed E-state index contributed by atoms with van der Waals surface area (Å²) in [6.45, 7) is 3.14. The lowest BCUT2D eigenvalue weighted by molar-refractivity contribution is -0.124. The highest BCUT2D eigenvalue weighted by Gasteiger charge is 2.25. The second-order valence-corrected chi connectivity index (χ2v) is 7.65. The number of nitriles is 1. The Morgan fingerprint density at radius 1 is 1.18 bits per heavy atom. The van der Waals surface area contributed by atoms with Crippen molar-refractivity contribution in [1.29, 1.82) is 5.26 Å². The van der Waals surface area contributed by atoms with Gasteiger partial charge >= 0.3 is 0 Å². The van der Waals surface area contributed by atoms with E-state index in [4.69, 9.17) is 16.9 Å². The number of anilines is 1. The van der Waals surface area contributed by atoms with Crippen LogP contribution < -0.4 is 16.2 Å². The molecule has 9 heteroatoms. The molecule has 0 aliphatic heterocycles. The predicted octanol–water partition coefficient (Wildman–Crippen LogP) is 2.75. The molecule has 2 atom stereocenters. The van der Waals surface area contributed by atoms with Gasteiger partial charge < -0.3 is 10.4 Å². The summed E-state index contributed by atoms with van der Waals surface area (Å²) >= 11 is 8.26. The predicted molar refractivity (Wildman–Crippen MR) is 115 cm³/mol. The van der Waals surface area contributed by atoms with Gasteiger partial charge in [-0.05, 0) is 78.4 Å². The number of aliphatic hydroxyl groups excluding tert-OH is 1. The number of carbonyl (C=O) groups is 2. The molecule has 2 aromatic rings. The van der Waals surface area contributed by atoms with Gasteiger partial charge in [0, 0.05) is 14.8 Å². The summed E-state index contributed by atoms with van der Waals surface area (Å²) in [4.78, 5) is 24.6. The SMILES string of the molecule is Cc1c(N[C@@H](C(=O)NNC(=O)c2ccc(I)cc2)[C@H](C)O)ccc(C#N)c1Cl. The molecule has 7 nitrogen and oxygen atoms in total. The summed E-state index contributed by atoms with van der Waals surface area (Å²) in [7, 11) is 0. The molecule has 0 saturated carbocycles. The first-order chi connectivity index (χ1) is 13.2. The van der Waals surface area contributed by atoms with Gasteiger partial charge in [-0.3, -0.25) is 20.4 Å². The summed E-state index contributed by atoms with van der Waals surface area (Å²) < 4.78 is 0.980. The zero-order valence-corrected chi connectivity index (χ0v) is 18.0. The van der Waals surface area contributed by atoms with Crippen molar-refractivity contribution in [3.8, 4) is 6.07 Å². The summed E-state index contributed by atoms with van der Waals surface area (Å²) in [5.41, 5.74) is 6.39. The Morgan fingerprint density at radius 2 is 1.82 bits per heavy atom. The van der Waals surface area contributed by atoms with Gasteiger partial charge in [-0.2, -0.15) is 5.26 Å². The van der Waals surface area contributed by atoms with Crippen LogP contribution in [-0.2, 0) is 4.79 Å².